The van der Waals surface area contributed by atoms with Gasteiger partial charge in [-0.1, -0.05) is 0 Å². The number of carbonyl (C=O) groups is 2. The van der Waals surface area contributed by atoms with Gasteiger partial charge in [-0.3, -0.25) is 4.79 Å². The number of benzene rings is 1. The second kappa shape index (κ2) is 10.8. The van der Waals surface area contributed by atoms with Crippen molar-refractivity contribution in [1.82, 2.24) is 15.5 Å². The van der Waals surface area contributed by atoms with Crippen LogP contribution < -0.4 is 20.1 Å². The highest BCUT2D eigenvalue weighted by Crippen LogP contribution is 2.29. The highest BCUT2D eigenvalue weighted by Gasteiger charge is 2.28. The largest absolute Gasteiger partial charge is 0.493 e. The molecule has 156 valence electrons. The number of piperidine rings is 1. The molecule has 1 atom stereocenters. The molecule has 0 spiro atoms. The summed E-state index contributed by atoms with van der Waals surface area (Å²) in [4.78, 5) is 25.6. The molecule has 0 aromatic heterocycles. The molecule has 1 heterocycles. The van der Waals surface area contributed by atoms with Crippen molar-refractivity contribution in [2.75, 3.05) is 33.4 Å². The van der Waals surface area contributed by atoms with Crippen molar-refractivity contribution in [1.29, 1.82) is 0 Å². The monoisotopic (exact) mass is 393 g/mol. The first-order valence-electron chi connectivity index (χ1n) is 9.75. The van der Waals surface area contributed by atoms with Gasteiger partial charge in [-0.15, -0.1) is 0 Å². The zero-order valence-corrected chi connectivity index (χ0v) is 16.9. The molecule has 1 aliphatic rings. The molecule has 1 saturated heterocycles. The molecule has 1 aromatic carbocycles. The average Bonchev–Trinajstić information content (AvgIpc) is 2.68. The lowest BCUT2D eigenvalue weighted by Crippen LogP contribution is -2.51. The topological polar surface area (TPSA) is 100 Å². The summed E-state index contributed by atoms with van der Waals surface area (Å²) in [5, 5.41) is 14.3. The van der Waals surface area contributed by atoms with Crippen molar-refractivity contribution < 1.29 is 24.2 Å². The molecule has 0 aliphatic carbocycles. The second-order valence-electron chi connectivity index (χ2n) is 7.11. The Kier molecular flexibility index (Phi) is 8.38. The zero-order valence-electron chi connectivity index (χ0n) is 16.9. The van der Waals surface area contributed by atoms with Gasteiger partial charge in [0.15, 0.2) is 11.5 Å². The molecule has 8 nitrogen and oxygen atoms in total. The standard InChI is InChI=1S/C20H31N3O5/c1-14(2)23(16-6-4-9-21-13-16)19(24)15-7-8-17(27-3)18(12-15)28-11-5-10-22-20(25)26/h7-8,12,14,16,21-22H,4-6,9-11,13H2,1-3H3,(H,25,26)/t16-/m1/s1. The summed E-state index contributed by atoms with van der Waals surface area (Å²) >= 11 is 0. The van der Waals surface area contributed by atoms with E-state index in [2.05, 4.69) is 10.6 Å². The Morgan fingerprint density at radius 1 is 1.36 bits per heavy atom. The van der Waals surface area contributed by atoms with Crippen molar-refractivity contribution in [2.45, 2.75) is 45.2 Å². The summed E-state index contributed by atoms with van der Waals surface area (Å²) < 4.78 is 11.1. The van der Waals surface area contributed by atoms with Crippen molar-refractivity contribution in [3.63, 3.8) is 0 Å². The van der Waals surface area contributed by atoms with Crippen LogP contribution in [0.5, 0.6) is 11.5 Å². The Hall–Kier alpha value is -2.48. The van der Waals surface area contributed by atoms with Crippen molar-refractivity contribution >= 4 is 12.0 Å². The van der Waals surface area contributed by atoms with E-state index in [9.17, 15) is 9.59 Å². The number of carboxylic acid groups (broad SMARTS) is 1. The van der Waals surface area contributed by atoms with Gasteiger partial charge < -0.3 is 30.1 Å². The van der Waals surface area contributed by atoms with Gasteiger partial charge in [0.05, 0.1) is 13.7 Å². The highest BCUT2D eigenvalue weighted by atomic mass is 16.5. The Bertz CT molecular complexity index is 659. The van der Waals surface area contributed by atoms with Gasteiger partial charge in [0.1, 0.15) is 0 Å². The van der Waals surface area contributed by atoms with Crippen molar-refractivity contribution in [3.05, 3.63) is 23.8 Å². The van der Waals surface area contributed by atoms with Gasteiger partial charge in [-0.25, -0.2) is 4.79 Å². The number of hydrogen-bond acceptors (Lipinski definition) is 5. The third-order valence-electron chi connectivity index (χ3n) is 4.72. The predicted molar refractivity (Wildman–Crippen MR) is 106 cm³/mol. The van der Waals surface area contributed by atoms with E-state index < -0.39 is 6.09 Å². The number of hydrogen-bond donors (Lipinski definition) is 3. The number of nitrogens with zero attached hydrogens (tertiary/aromatic N) is 1. The Balaban J connectivity index is 2.10. The van der Waals surface area contributed by atoms with E-state index in [0.29, 0.717) is 36.6 Å². The molecule has 8 heteroatoms. The van der Waals surface area contributed by atoms with Crippen LogP contribution in [0.1, 0.15) is 43.5 Å². The molecule has 0 unspecified atom stereocenters. The predicted octanol–water partition coefficient (Wildman–Crippen LogP) is 2.33. The number of ether oxygens (including phenoxy) is 2. The fourth-order valence-corrected chi connectivity index (χ4v) is 3.41. The molecule has 1 fully saturated rings. The summed E-state index contributed by atoms with van der Waals surface area (Å²) in [6.45, 7) is 6.47. The fraction of sp³-hybridized carbons (Fsp3) is 0.600. The van der Waals surface area contributed by atoms with Crippen molar-refractivity contribution in [2.24, 2.45) is 0 Å². The second-order valence-corrected chi connectivity index (χ2v) is 7.11. The molecule has 28 heavy (non-hydrogen) atoms. The van der Waals surface area contributed by atoms with E-state index in [0.717, 1.165) is 25.9 Å². The molecular weight excluding hydrogens is 362 g/mol. The first kappa shape index (κ1) is 21.8. The minimum Gasteiger partial charge on any atom is -0.493 e. The first-order valence-corrected chi connectivity index (χ1v) is 9.75. The molecule has 0 saturated carbocycles. The van der Waals surface area contributed by atoms with Crippen LogP contribution in [-0.4, -0.2) is 67.4 Å². The quantitative estimate of drug-likeness (QED) is 0.557. The maximum absolute atomic E-state index is 13.2. The minimum absolute atomic E-state index is 0.0243. The van der Waals surface area contributed by atoms with E-state index in [1.165, 1.54) is 0 Å². The number of carbonyl (C=O) groups excluding carboxylic acids is 1. The van der Waals surface area contributed by atoms with Crippen LogP contribution in [-0.2, 0) is 0 Å². The third-order valence-corrected chi connectivity index (χ3v) is 4.72. The van der Waals surface area contributed by atoms with E-state index in [-0.39, 0.29) is 18.0 Å². The third kappa shape index (κ3) is 6.02. The van der Waals surface area contributed by atoms with Gasteiger partial charge >= 0.3 is 6.09 Å². The molecule has 1 aromatic rings. The molecule has 3 N–H and O–H groups in total. The molecule has 2 amide bonds. The van der Waals surface area contributed by atoms with Crippen LogP contribution in [0.4, 0.5) is 4.79 Å². The highest BCUT2D eigenvalue weighted by molar-refractivity contribution is 5.95. The van der Waals surface area contributed by atoms with Gasteiger partial charge in [0, 0.05) is 30.7 Å². The Labute approximate surface area is 166 Å². The lowest BCUT2D eigenvalue weighted by atomic mass is 10.0. The van der Waals surface area contributed by atoms with Gasteiger partial charge in [0.2, 0.25) is 0 Å². The van der Waals surface area contributed by atoms with Crippen LogP contribution in [0.15, 0.2) is 18.2 Å². The van der Waals surface area contributed by atoms with E-state index in [4.69, 9.17) is 14.6 Å². The fourth-order valence-electron chi connectivity index (χ4n) is 3.41. The maximum Gasteiger partial charge on any atom is 0.404 e. The van der Waals surface area contributed by atoms with Crippen LogP contribution in [0, 0.1) is 0 Å². The minimum atomic E-state index is -1.06. The van der Waals surface area contributed by atoms with Crippen LogP contribution in [0.3, 0.4) is 0 Å². The lowest BCUT2D eigenvalue weighted by Gasteiger charge is -2.37. The molecule has 1 aliphatic heterocycles. The lowest BCUT2D eigenvalue weighted by molar-refractivity contribution is 0.0573. The number of amides is 2. The summed E-state index contributed by atoms with van der Waals surface area (Å²) in [7, 11) is 1.55. The van der Waals surface area contributed by atoms with Gasteiger partial charge in [-0.2, -0.15) is 0 Å². The maximum atomic E-state index is 13.2. The Morgan fingerprint density at radius 3 is 2.75 bits per heavy atom. The summed E-state index contributed by atoms with van der Waals surface area (Å²) in [6, 6.07) is 5.46. The summed E-state index contributed by atoms with van der Waals surface area (Å²) in [5.41, 5.74) is 0.554. The molecule has 0 radical (unpaired) electrons. The van der Waals surface area contributed by atoms with Crippen LogP contribution in [0.25, 0.3) is 0 Å². The van der Waals surface area contributed by atoms with Crippen molar-refractivity contribution in [3.8, 4) is 11.5 Å². The van der Waals surface area contributed by atoms with Crippen LogP contribution >= 0.6 is 0 Å². The summed E-state index contributed by atoms with van der Waals surface area (Å²) in [5.74, 6) is 0.996. The Morgan fingerprint density at radius 2 is 2.14 bits per heavy atom. The van der Waals surface area contributed by atoms with Gasteiger partial charge in [-0.05, 0) is 57.9 Å². The zero-order chi connectivity index (χ0) is 20.5. The smallest absolute Gasteiger partial charge is 0.404 e. The number of methoxy groups -OCH3 is 1. The molecule has 2 rings (SSSR count). The van der Waals surface area contributed by atoms with E-state index >= 15 is 0 Å². The normalized spacial score (nSPS) is 16.5. The first-order chi connectivity index (χ1) is 13.4. The van der Waals surface area contributed by atoms with E-state index in [1.54, 1.807) is 25.3 Å². The average molecular weight is 393 g/mol. The molecule has 0 bridgehead atoms. The summed E-state index contributed by atoms with van der Waals surface area (Å²) in [6.07, 6.45) is 1.51. The van der Waals surface area contributed by atoms with Gasteiger partial charge in [0.25, 0.3) is 5.91 Å². The number of nitrogens with one attached hydrogen (secondary N) is 2. The molecular formula is C20H31N3O5. The van der Waals surface area contributed by atoms with Crippen LogP contribution in [0.2, 0.25) is 0 Å². The SMILES string of the molecule is COc1ccc(C(=O)N(C(C)C)[C@@H]2CCCNC2)cc1OCCCNC(=O)O. The van der Waals surface area contributed by atoms with E-state index in [1.807, 2.05) is 18.7 Å². The number of rotatable bonds is 9.